The lowest BCUT2D eigenvalue weighted by molar-refractivity contribution is -0.117. The van der Waals surface area contributed by atoms with Gasteiger partial charge in [0.25, 0.3) is 5.91 Å². The highest BCUT2D eigenvalue weighted by molar-refractivity contribution is 8.16. The molecule has 2 aromatic rings. The lowest BCUT2D eigenvalue weighted by atomic mass is 9.99. The van der Waals surface area contributed by atoms with Gasteiger partial charge in [-0.05, 0) is 35.2 Å². The van der Waals surface area contributed by atoms with Gasteiger partial charge in [-0.2, -0.15) is 4.99 Å². The maximum Gasteiger partial charge on any atom is 0.252 e. The van der Waals surface area contributed by atoms with Gasteiger partial charge in [0.1, 0.15) is 5.82 Å². The SMILES string of the molecule is CC(C)c1ccccc1N1C(=NC(=O)Cc2ccc(F)cc2)S[C@H]2CS(=O)(=O)C[C@H]21. The number of amidine groups is 1. The van der Waals surface area contributed by atoms with Crippen LogP contribution in [0, 0.1) is 5.82 Å². The van der Waals surface area contributed by atoms with Crippen molar-refractivity contribution in [2.45, 2.75) is 37.5 Å². The first-order chi connectivity index (χ1) is 14.2. The largest absolute Gasteiger partial charge is 0.315 e. The number of rotatable bonds is 4. The monoisotopic (exact) mass is 446 g/mol. The van der Waals surface area contributed by atoms with Gasteiger partial charge >= 0.3 is 0 Å². The van der Waals surface area contributed by atoms with Crippen LogP contribution in [-0.4, -0.2) is 42.3 Å². The zero-order valence-corrected chi connectivity index (χ0v) is 18.4. The number of benzene rings is 2. The van der Waals surface area contributed by atoms with E-state index in [0.717, 1.165) is 11.3 Å². The molecule has 0 aromatic heterocycles. The average Bonchev–Trinajstić information content (AvgIpc) is 3.14. The highest BCUT2D eigenvalue weighted by Gasteiger charge is 2.49. The van der Waals surface area contributed by atoms with Crippen molar-refractivity contribution in [2.24, 2.45) is 4.99 Å². The van der Waals surface area contributed by atoms with Crippen LogP contribution in [0.4, 0.5) is 10.1 Å². The molecular formula is C22H23FN2O3S2. The number of sulfone groups is 1. The number of amides is 1. The van der Waals surface area contributed by atoms with Gasteiger partial charge in [-0.25, -0.2) is 12.8 Å². The van der Waals surface area contributed by atoms with Crippen molar-refractivity contribution < 1.29 is 17.6 Å². The van der Waals surface area contributed by atoms with E-state index < -0.39 is 9.84 Å². The maximum atomic E-state index is 13.1. The van der Waals surface area contributed by atoms with Crippen molar-refractivity contribution in [2.75, 3.05) is 16.4 Å². The van der Waals surface area contributed by atoms with E-state index >= 15 is 0 Å². The van der Waals surface area contributed by atoms with Crippen LogP contribution in [0.1, 0.15) is 30.9 Å². The molecule has 0 bridgehead atoms. The van der Waals surface area contributed by atoms with Crippen LogP contribution < -0.4 is 4.90 Å². The molecule has 2 aliphatic rings. The molecule has 2 heterocycles. The first-order valence-electron chi connectivity index (χ1n) is 9.85. The number of thioether (sulfide) groups is 1. The molecule has 0 unspecified atom stereocenters. The Balaban J connectivity index is 1.69. The zero-order chi connectivity index (χ0) is 21.5. The summed E-state index contributed by atoms with van der Waals surface area (Å²) in [6.45, 7) is 4.17. The van der Waals surface area contributed by atoms with Crippen LogP contribution in [-0.2, 0) is 21.1 Å². The molecule has 1 amide bonds. The van der Waals surface area contributed by atoms with Gasteiger partial charge in [0.15, 0.2) is 15.0 Å². The minimum Gasteiger partial charge on any atom is -0.315 e. The van der Waals surface area contributed by atoms with Crippen molar-refractivity contribution >= 4 is 38.4 Å². The van der Waals surface area contributed by atoms with Crippen molar-refractivity contribution in [3.63, 3.8) is 0 Å². The van der Waals surface area contributed by atoms with Crippen LogP contribution in [0.5, 0.6) is 0 Å². The Bertz CT molecular complexity index is 1100. The van der Waals surface area contributed by atoms with Gasteiger partial charge in [0.05, 0.1) is 24.0 Å². The summed E-state index contributed by atoms with van der Waals surface area (Å²) in [7, 11) is -3.12. The van der Waals surface area contributed by atoms with E-state index in [4.69, 9.17) is 0 Å². The molecule has 5 nitrogen and oxygen atoms in total. The summed E-state index contributed by atoms with van der Waals surface area (Å²) in [5.41, 5.74) is 2.67. The molecule has 2 fully saturated rings. The predicted molar refractivity (Wildman–Crippen MR) is 119 cm³/mol. The van der Waals surface area contributed by atoms with Crippen molar-refractivity contribution in [3.8, 4) is 0 Å². The number of halogens is 1. The molecule has 4 rings (SSSR count). The minimum absolute atomic E-state index is 0.0578. The highest BCUT2D eigenvalue weighted by atomic mass is 32.2. The number of hydrogen-bond donors (Lipinski definition) is 0. The van der Waals surface area contributed by atoms with Crippen LogP contribution in [0.3, 0.4) is 0 Å². The fraction of sp³-hybridized carbons (Fsp3) is 0.364. The molecule has 2 aliphatic heterocycles. The number of para-hydroxylation sites is 1. The van der Waals surface area contributed by atoms with Crippen molar-refractivity contribution in [1.82, 2.24) is 0 Å². The van der Waals surface area contributed by atoms with Gasteiger partial charge in [0, 0.05) is 10.9 Å². The molecule has 8 heteroatoms. The number of hydrogen-bond acceptors (Lipinski definition) is 4. The number of nitrogens with zero attached hydrogens (tertiary/aromatic N) is 2. The molecule has 0 saturated carbocycles. The molecule has 2 aromatic carbocycles. The third kappa shape index (κ3) is 4.30. The Morgan fingerprint density at radius 1 is 1.17 bits per heavy atom. The van der Waals surface area contributed by atoms with Gasteiger partial charge in [-0.3, -0.25) is 4.79 Å². The van der Waals surface area contributed by atoms with E-state index in [2.05, 4.69) is 18.8 Å². The van der Waals surface area contributed by atoms with Gasteiger partial charge in [-0.1, -0.05) is 55.9 Å². The van der Waals surface area contributed by atoms with E-state index in [1.165, 1.54) is 23.9 Å². The van der Waals surface area contributed by atoms with Crippen LogP contribution in [0.25, 0.3) is 0 Å². The van der Waals surface area contributed by atoms with Crippen LogP contribution >= 0.6 is 11.8 Å². The molecule has 30 heavy (non-hydrogen) atoms. The van der Waals surface area contributed by atoms with Crippen molar-refractivity contribution in [3.05, 3.63) is 65.5 Å². The summed E-state index contributed by atoms with van der Waals surface area (Å²) in [5, 5.41) is 0.396. The third-order valence-corrected chi connectivity index (χ3v) is 8.58. The summed E-state index contributed by atoms with van der Waals surface area (Å²) in [5.74, 6) is -0.302. The Labute approximate surface area is 180 Å². The molecule has 0 radical (unpaired) electrons. The number of carbonyl (C=O) groups is 1. The molecule has 158 valence electrons. The summed E-state index contributed by atoms with van der Waals surface area (Å²) in [6.07, 6.45) is 0.0671. The fourth-order valence-corrected chi connectivity index (χ4v) is 7.89. The van der Waals surface area contributed by atoms with Crippen LogP contribution in [0.15, 0.2) is 53.5 Å². The Kier molecular flexibility index (Phi) is 5.72. The first kappa shape index (κ1) is 21.1. The first-order valence-corrected chi connectivity index (χ1v) is 12.5. The molecule has 0 aliphatic carbocycles. The summed E-state index contributed by atoms with van der Waals surface area (Å²) in [6, 6.07) is 13.4. The zero-order valence-electron chi connectivity index (χ0n) is 16.8. The third-order valence-electron chi connectivity index (χ3n) is 5.37. The second-order valence-electron chi connectivity index (χ2n) is 7.98. The number of fused-ring (bicyclic) bond motifs is 1. The molecule has 0 spiro atoms. The quantitative estimate of drug-likeness (QED) is 0.715. The number of anilines is 1. The van der Waals surface area contributed by atoms with E-state index in [0.29, 0.717) is 10.7 Å². The molecule has 2 atom stereocenters. The lowest BCUT2D eigenvalue weighted by Gasteiger charge is -2.28. The van der Waals surface area contributed by atoms with E-state index in [1.54, 1.807) is 12.1 Å². The molecule has 2 saturated heterocycles. The summed E-state index contributed by atoms with van der Waals surface area (Å²) in [4.78, 5) is 19.0. The Morgan fingerprint density at radius 3 is 2.57 bits per heavy atom. The van der Waals surface area contributed by atoms with E-state index in [9.17, 15) is 17.6 Å². The van der Waals surface area contributed by atoms with E-state index in [-0.39, 0.29) is 46.9 Å². The average molecular weight is 447 g/mol. The number of aliphatic imine (C=N–C) groups is 1. The molecular weight excluding hydrogens is 423 g/mol. The maximum absolute atomic E-state index is 13.1. The van der Waals surface area contributed by atoms with E-state index in [1.807, 2.05) is 29.2 Å². The van der Waals surface area contributed by atoms with Gasteiger partial charge in [0.2, 0.25) is 0 Å². The fourth-order valence-electron chi connectivity index (χ4n) is 3.96. The highest BCUT2D eigenvalue weighted by Crippen LogP contribution is 2.43. The summed E-state index contributed by atoms with van der Waals surface area (Å²) < 4.78 is 37.6. The van der Waals surface area contributed by atoms with Gasteiger partial charge in [-0.15, -0.1) is 0 Å². The molecule has 0 N–H and O–H groups in total. The van der Waals surface area contributed by atoms with Crippen LogP contribution in [0.2, 0.25) is 0 Å². The van der Waals surface area contributed by atoms with Crippen molar-refractivity contribution in [1.29, 1.82) is 0 Å². The Hall–Kier alpha value is -2.19. The summed E-state index contributed by atoms with van der Waals surface area (Å²) >= 11 is 1.36. The Morgan fingerprint density at radius 2 is 1.87 bits per heavy atom. The smallest absolute Gasteiger partial charge is 0.252 e. The predicted octanol–water partition coefficient (Wildman–Crippen LogP) is 3.79. The second-order valence-corrected chi connectivity index (χ2v) is 11.3. The normalized spacial score (nSPS) is 23.9. The standard InChI is InChI=1S/C22H23FN2O3S2/c1-14(2)17-5-3-4-6-18(17)25-19-12-30(27,28)13-20(19)29-22(25)24-21(26)11-15-7-9-16(23)10-8-15/h3-10,14,19-20H,11-13H2,1-2H3/t19-,20+/m1/s1. The topological polar surface area (TPSA) is 66.8 Å². The van der Waals surface area contributed by atoms with Gasteiger partial charge < -0.3 is 4.90 Å². The minimum atomic E-state index is -3.12. The lowest BCUT2D eigenvalue weighted by Crippen LogP contribution is -2.38. The number of carbonyl (C=O) groups excluding carboxylic acids is 1. The second kappa shape index (κ2) is 8.15.